The average Bonchev–Trinajstić information content (AvgIpc) is 2.84. The van der Waals surface area contributed by atoms with E-state index in [1.165, 1.54) is 28.5 Å². The van der Waals surface area contributed by atoms with Crippen LogP contribution in [0.15, 0.2) is 72.1 Å². The number of hydrogen-bond donors (Lipinski definition) is 0. The lowest BCUT2D eigenvalue weighted by atomic mass is 10.4. The first-order valence-corrected chi connectivity index (χ1v) is 18.5. The summed E-state index contributed by atoms with van der Waals surface area (Å²) in [6.07, 6.45) is 0. The fourth-order valence-corrected chi connectivity index (χ4v) is 17.1. The number of benzene rings is 2. The molecule has 0 aromatic heterocycles. The summed E-state index contributed by atoms with van der Waals surface area (Å²) in [4.78, 5) is 0. The van der Waals surface area contributed by atoms with Crippen molar-refractivity contribution in [2.24, 2.45) is 0 Å². The molecule has 0 fully saturated rings. The Hall–Kier alpha value is -1.25. The highest BCUT2D eigenvalue weighted by Gasteiger charge is 2.48. The van der Waals surface area contributed by atoms with E-state index in [-0.39, 0.29) is 0 Å². The molecular formula is C25H40O2Si3. The van der Waals surface area contributed by atoms with E-state index in [9.17, 15) is 0 Å². The van der Waals surface area contributed by atoms with Crippen LogP contribution in [0.5, 0.6) is 0 Å². The Bertz CT molecular complexity index is 722. The Morgan fingerprint density at radius 2 is 1.07 bits per heavy atom. The monoisotopic (exact) mass is 456 g/mol. The van der Waals surface area contributed by atoms with E-state index in [1.807, 2.05) is 7.11 Å². The molecule has 0 saturated carbocycles. The molecule has 2 aromatic carbocycles. The van der Waals surface area contributed by atoms with E-state index in [2.05, 4.69) is 107 Å². The highest BCUT2D eigenvalue weighted by atomic mass is 28.4. The van der Waals surface area contributed by atoms with Crippen molar-refractivity contribution >= 4 is 35.3 Å². The quantitative estimate of drug-likeness (QED) is 0.363. The molecule has 2 rings (SSSR count). The van der Waals surface area contributed by atoms with Crippen molar-refractivity contribution in [2.75, 3.05) is 7.11 Å². The standard InChI is InChI=1S/C25H40O2Si3/c1-7-28(8-2,9-3)22-23-29(10-4,11-5)27-30(26-6,24-18-14-12-15-19-24)25-20-16-13-17-21-25/h12-23H,7-11H2,1-6H3. The predicted molar refractivity (Wildman–Crippen MR) is 139 cm³/mol. The first-order valence-electron chi connectivity index (χ1n) is 11.6. The highest BCUT2D eigenvalue weighted by molar-refractivity contribution is 7.00. The third-order valence-electron chi connectivity index (χ3n) is 6.99. The summed E-state index contributed by atoms with van der Waals surface area (Å²) >= 11 is 0. The minimum Gasteiger partial charge on any atom is -0.425 e. The smallest absolute Gasteiger partial charge is 0.396 e. The normalized spacial score (nSPS) is 13.1. The molecule has 0 aliphatic rings. The Kier molecular flexibility index (Phi) is 9.50. The molecule has 5 heteroatoms. The van der Waals surface area contributed by atoms with E-state index in [0.717, 1.165) is 12.1 Å². The summed E-state index contributed by atoms with van der Waals surface area (Å²) in [5, 5.41) is 2.38. The van der Waals surface area contributed by atoms with Crippen LogP contribution in [0.25, 0.3) is 0 Å². The molecular weight excluding hydrogens is 417 g/mol. The zero-order chi connectivity index (χ0) is 22.1. The largest absolute Gasteiger partial charge is 0.425 e. The van der Waals surface area contributed by atoms with Crippen LogP contribution in [0.1, 0.15) is 34.6 Å². The molecule has 0 heterocycles. The molecule has 30 heavy (non-hydrogen) atoms. The molecule has 0 aliphatic carbocycles. The minimum absolute atomic E-state index is 1.07. The van der Waals surface area contributed by atoms with Crippen LogP contribution in [0.4, 0.5) is 0 Å². The van der Waals surface area contributed by atoms with Crippen LogP contribution in [0.3, 0.4) is 0 Å². The topological polar surface area (TPSA) is 18.5 Å². The highest BCUT2D eigenvalue weighted by Crippen LogP contribution is 2.28. The fourth-order valence-electron chi connectivity index (χ4n) is 4.26. The maximum absolute atomic E-state index is 7.37. The second-order valence-corrected chi connectivity index (χ2v) is 20.9. The SMILES string of the molecule is CC[Si](C=C[Si](CC)(CC)O[Si](OC)(c1ccccc1)c1ccccc1)(CC)CC. The molecule has 164 valence electrons. The van der Waals surface area contributed by atoms with Gasteiger partial charge in [-0.2, -0.15) is 0 Å². The predicted octanol–water partition coefficient (Wildman–Crippen LogP) is 6.03. The molecule has 0 spiro atoms. The molecule has 0 radical (unpaired) electrons. The van der Waals surface area contributed by atoms with Crippen molar-refractivity contribution in [3.8, 4) is 0 Å². The minimum atomic E-state index is -2.80. The Labute approximate surface area is 187 Å². The third kappa shape index (κ3) is 5.32. The lowest BCUT2D eigenvalue weighted by Crippen LogP contribution is -2.67. The first kappa shape index (κ1) is 25.0. The Morgan fingerprint density at radius 3 is 1.40 bits per heavy atom. The van der Waals surface area contributed by atoms with Gasteiger partial charge < -0.3 is 8.54 Å². The lowest BCUT2D eigenvalue weighted by Gasteiger charge is -2.39. The van der Waals surface area contributed by atoms with Gasteiger partial charge in [0.25, 0.3) is 0 Å². The van der Waals surface area contributed by atoms with Gasteiger partial charge >= 0.3 is 8.56 Å². The molecule has 0 atom stereocenters. The van der Waals surface area contributed by atoms with Crippen LogP contribution in [0, 0.1) is 0 Å². The van der Waals surface area contributed by atoms with Crippen molar-refractivity contribution in [2.45, 2.75) is 64.8 Å². The molecule has 0 aliphatic heterocycles. The lowest BCUT2D eigenvalue weighted by molar-refractivity contribution is 0.325. The second-order valence-electron chi connectivity index (χ2n) is 8.18. The van der Waals surface area contributed by atoms with E-state index < -0.39 is 25.0 Å². The summed E-state index contributed by atoms with van der Waals surface area (Å²) in [6, 6.07) is 27.3. The zero-order valence-electron chi connectivity index (χ0n) is 19.8. The molecule has 2 aromatic rings. The van der Waals surface area contributed by atoms with Crippen molar-refractivity contribution in [1.29, 1.82) is 0 Å². The molecule has 0 amide bonds. The van der Waals surface area contributed by atoms with Gasteiger partial charge in [0.2, 0.25) is 8.32 Å². The van der Waals surface area contributed by atoms with E-state index >= 15 is 0 Å². The fraction of sp³-hybridized carbons (Fsp3) is 0.440. The van der Waals surface area contributed by atoms with Crippen molar-refractivity contribution in [3.63, 3.8) is 0 Å². The first-order chi connectivity index (χ1) is 14.5. The molecule has 0 bridgehead atoms. The second kappa shape index (κ2) is 11.4. The van der Waals surface area contributed by atoms with Gasteiger partial charge in [0, 0.05) is 7.11 Å². The van der Waals surface area contributed by atoms with Gasteiger partial charge in [0.05, 0.1) is 8.07 Å². The van der Waals surface area contributed by atoms with E-state index in [1.54, 1.807) is 0 Å². The van der Waals surface area contributed by atoms with Crippen LogP contribution in [0.2, 0.25) is 30.2 Å². The molecule has 0 saturated heterocycles. The maximum atomic E-state index is 7.37. The third-order valence-corrected chi connectivity index (χ3v) is 21.1. The summed E-state index contributed by atoms with van der Waals surface area (Å²) in [6.45, 7) is 11.7. The van der Waals surface area contributed by atoms with Crippen LogP contribution < -0.4 is 10.4 Å². The van der Waals surface area contributed by atoms with Gasteiger partial charge in [-0.25, -0.2) is 0 Å². The maximum Gasteiger partial charge on any atom is 0.396 e. The Balaban J connectivity index is 2.60. The Morgan fingerprint density at radius 1 is 0.633 bits per heavy atom. The van der Waals surface area contributed by atoms with Crippen molar-refractivity contribution < 1.29 is 8.54 Å². The van der Waals surface area contributed by atoms with Gasteiger partial charge in [-0.05, 0) is 22.5 Å². The van der Waals surface area contributed by atoms with E-state index in [0.29, 0.717) is 0 Å². The van der Waals surface area contributed by atoms with Gasteiger partial charge in [0.15, 0.2) is 0 Å². The zero-order valence-corrected chi connectivity index (χ0v) is 22.8. The van der Waals surface area contributed by atoms with Crippen molar-refractivity contribution in [1.82, 2.24) is 0 Å². The number of hydrogen-bond acceptors (Lipinski definition) is 2. The van der Waals surface area contributed by atoms with Crippen LogP contribution in [-0.2, 0) is 8.54 Å². The number of rotatable bonds is 12. The van der Waals surface area contributed by atoms with Gasteiger partial charge in [-0.3, -0.25) is 0 Å². The average molecular weight is 457 g/mol. The van der Waals surface area contributed by atoms with Gasteiger partial charge in [-0.15, -0.1) is 0 Å². The summed E-state index contributed by atoms with van der Waals surface area (Å²) < 4.78 is 13.8. The summed E-state index contributed by atoms with van der Waals surface area (Å²) in [5.74, 6) is 0. The van der Waals surface area contributed by atoms with Crippen LogP contribution in [-0.4, -0.2) is 32.1 Å². The summed E-state index contributed by atoms with van der Waals surface area (Å²) in [7, 11) is -4.45. The van der Waals surface area contributed by atoms with Gasteiger partial charge in [-0.1, -0.05) is 125 Å². The van der Waals surface area contributed by atoms with Crippen LogP contribution >= 0.6 is 0 Å². The van der Waals surface area contributed by atoms with Crippen molar-refractivity contribution in [3.05, 3.63) is 72.1 Å². The summed E-state index contributed by atoms with van der Waals surface area (Å²) in [5.41, 5.74) is 5.19. The molecule has 0 unspecified atom stereocenters. The molecule has 0 N–H and O–H groups in total. The van der Waals surface area contributed by atoms with Gasteiger partial charge in [0.1, 0.15) is 0 Å². The molecule has 2 nitrogen and oxygen atoms in total. The van der Waals surface area contributed by atoms with E-state index in [4.69, 9.17) is 8.54 Å².